The van der Waals surface area contributed by atoms with Crippen molar-refractivity contribution in [3.05, 3.63) is 28.8 Å². The number of anilines is 1. The predicted molar refractivity (Wildman–Crippen MR) is 80.2 cm³/mol. The summed E-state index contributed by atoms with van der Waals surface area (Å²) >= 11 is 5.56. The van der Waals surface area contributed by atoms with Gasteiger partial charge in [-0.05, 0) is 38.0 Å². The monoisotopic (exact) mass is 351 g/mol. The number of nitrogens with one attached hydrogen (secondary N) is 1. The fraction of sp³-hybridized carbons (Fsp3) is 0.467. The Morgan fingerprint density at radius 2 is 1.87 bits per heavy atom. The molecule has 128 valence electrons. The molecule has 0 saturated carbocycles. The van der Waals surface area contributed by atoms with E-state index in [0.29, 0.717) is 12.8 Å². The molecular formula is C15H17ClF3NO3. The van der Waals surface area contributed by atoms with Gasteiger partial charge in [0.05, 0.1) is 17.9 Å². The van der Waals surface area contributed by atoms with Crippen LogP contribution in [-0.2, 0) is 20.5 Å². The quantitative estimate of drug-likeness (QED) is 0.584. The Morgan fingerprint density at radius 3 is 2.48 bits per heavy atom. The molecule has 0 spiro atoms. The van der Waals surface area contributed by atoms with Gasteiger partial charge < -0.3 is 10.1 Å². The lowest BCUT2D eigenvalue weighted by atomic mass is 10.1. The van der Waals surface area contributed by atoms with Gasteiger partial charge in [-0.2, -0.15) is 13.2 Å². The van der Waals surface area contributed by atoms with Crippen LogP contribution in [0.4, 0.5) is 18.9 Å². The summed E-state index contributed by atoms with van der Waals surface area (Å²) in [5.41, 5.74) is -1.33. The molecule has 1 rings (SSSR count). The van der Waals surface area contributed by atoms with Crippen LogP contribution < -0.4 is 5.32 Å². The maximum Gasteiger partial charge on any atom is 0.418 e. The Morgan fingerprint density at radius 1 is 1.22 bits per heavy atom. The van der Waals surface area contributed by atoms with Crippen molar-refractivity contribution in [2.45, 2.75) is 38.8 Å². The molecule has 0 atom stereocenters. The lowest BCUT2D eigenvalue weighted by Gasteiger charge is -2.14. The topological polar surface area (TPSA) is 55.4 Å². The molecule has 4 nitrogen and oxygen atoms in total. The molecule has 0 aliphatic carbocycles. The molecule has 0 aliphatic heterocycles. The van der Waals surface area contributed by atoms with Crippen LogP contribution in [0.15, 0.2) is 18.2 Å². The van der Waals surface area contributed by atoms with Gasteiger partial charge >= 0.3 is 12.1 Å². The maximum absolute atomic E-state index is 12.9. The molecule has 0 radical (unpaired) electrons. The molecule has 1 aromatic carbocycles. The first-order valence-electron chi connectivity index (χ1n) is 7.06. The van der Waals surface area contributed by atoms with Gasteiger partial charge in [0.1, 0.15) is 0 Å². The molecule has 1 amide bonds. The van der Waals surface area contributed by atoms with E-state index in [-0.39, 0.29) is 36.1 Å². The Hall–Kier alpha value is -1.76. The van der Waals surface area contributed by atoms with Crippen molar-refractivity contribution in [2.24, 2.45) is 0 Å². The first-order valence-corrected chi connectivity index (χ1v) is 7.44. The van der Waals surface area contributed by atoms with Crippen LogP contribution in [0, 0.1) is 0 Å². The average molecular weight is 352 g/mol. The average Bonchev–Trinajstić information content (AvgIpc) is 2.45. The molecule has 0 aromatic heterocycles. The number of carbonyl (C=O) groups excluding carboxylic acids is 2. The zero-order valence-electron chi connectivity index (χ0n) is 12.5. The fourth-order valence-electron chi connectivity index (χ4n) is 1.86. The summed E-state index contributed by atoms with van der Waals surface area (Å²) in [6.45, 7) is 1.98. The van der Waals surface area contributed by atoms with Crippen molar-refractivity contribution in [1.29, 1.82) is 0 Å². The van der Waals surface area contributed by atoms with Crippen molar-refractivity contribution in [3.8, 4) is 0 Å². The van der Waals surface area contributed by atoms with Crippen LogP contribution in [0.3, 0.4) is 0 Å². The fourth-order valence-corrected chi connectivity index (χ4v) is 2.03. The molecule has 0 aliphatic rings. The highest BCUT2D eigenvalue weighted by atomic mass is 35.5. The van der Waals surface area contributed by atoms with Crippen LogP contribution >= 0.6 is 11.6 Å². The predicted octanol–water partition coefficient (Wildman–Crippen LogP) is 4.42. The minimum absolute atomic E-state index is 0.0132. The Labute approximate surface area is 137 Å². The van der Waals surface area contributed by atoms with E-state index in [2.05, 4.69) is 5.32 Å². The highest BCUT2D eigenvalue weighted by Gasteiger charge is 2.34. The third-order valence-corrected chi connectivity index (χ3v) is 3.14. The van der Waals surface area contributed by atoms with Crippen molar-refractivity contribution in [2.75, 3.05) is 11.9 Å². The van der Waals surface area contributed by atoms with Crippen LogP contribution in [0.5, 0.6) is 0 Å². The molecular weight excluding hydrogens is 335 g/mol. The van der Waals surface area contributed by atoms with E-state index < -0.39 is 17.6 Å². The third kappa shape index (κ3) is 6.90. The van der Waals surface area contributed by atoms with Gasteiger partial charge in [0.15, 0.2) is 0 Å². The zero-order valence-corrected chi connectivity index (χ0v) is 13.3. The number of benzene rings is 1. The number of carbonyl (C=O) groups is 2. The van der Waals surface area contributed by atoms with Crippen molar-refractivity contribution in [1.82, 2.24) is 0 Å². The van der Waals surface area contributed by atoms with Gasteiger partial charge in [-0.3, -0.25) is 9.59 Å². The van der Waals surface area contributed by atoms with Gasteiger partial charge in [-0.25, -0.2) is 0 Å². The molecule has 1 N–H and O–H groups in total. The summed E-state index contributed by atoms with van der Waals surface area (Å²) in [6, 6.07) is 3.15. The lowest BCUT2D eigenvalue weighted by Crippen LogP contribution is -2.16. The number of rotatable bonds is 7. The summed E-state index contributed by atoms with van der Waals surface area (Å²) in [6.07, 6.45) is -3.62. The van der Waals surface area contributed by atoms with Gasteiger partial charge in [0.25, 0.3) is 0 Å². The maximum atomic E-state index is 12.9. The third-order valence-electron chi connectivity index (χ3n) is 2.90. The number of hydrogen-bond acceptors (Lipinski definition) is 3. The number of esters is 1. The first kappa shape index (κ1) is 19.3. The standard InChI is InChI=1S/C15H17ClF3NO3/c1-2-23-14(22)6-4-3-5-13(21)20-12-8-7-10(16)9-11(12)15(17,18)19/h7-9H,2-6H2,1H3,(H,20,21). The Kier molecular flexibility index (Phi) is 7.35. The molecule has 0 unspecified atom stereocenters. The number of hydrogen-bond donors (Lipinski definition) is 1. The Balaban J connectivity index is 2.53. The van der Waals surface area contributed by atoms with E-state index >= 15 is 0 Å². The van der Waals surface area contributed by atoms with E-state index in [1.54, 1.807) is 6.92 Å². The second-order valence-corrected chi connectivity index (χ2v) is 5.18. The number of unbranched alkanes of at least 4 members (excludes halogenated alkanes) is 1. The summed E-state index contributed by atoms with van der Waals surface area (Å²) in [4.78, 5) is 22.8. The van der Waals surface area contributed by atoms with E-state index in [9.17, 15) is 22.8 Å². The van der Waals surface area contributed by atoms with E-state index in [0.717, 1.165) is 12.1 Å². The normalized spacial score (nSPS) is 11.2. The van der Waals surface area contributed by atoms with Gasteiger partial charge in [0.2, 0.25) is 5.91 Å². The van der Waals surface area contributed by atoms with Crippen LogP contribution in [0.1, 0.15) is 38.2 Å². The largest absolute Gasteiger partial charge is 0.466 e. The van der Waals surface area contributed by atoms with Crippen LogP contribution in [0.25, 0.3) is 0 Å². The van der Waals surface area contributed by atoms with Crippen molar-refractivity contribution in [3.63, 3.8) is 0 Å². The Bertz CT molecular complexity index is 561. The van der Waals surface area contributed by atoms with E-state index in [1.165, 1.54) is 6.07 Å². The van der Waals surface area contributed by atoms with Crippen molar-refractivity contribution < 1.29 is 27.5 Å². The lowest BCUT2D eigenvalue weighted by molar-refractivity contribution is -0.143. The molecule has 0 bridgehead atoms. The highest BCUT2D eigenvalue weighted by molar-refractivity contribution is 6.30. The smallest absolute Gasteiger partial charge is 0.418 e. The van der Waals surface area contributed by atoms with Gasteiger partial charge in [0, 0.05) is 17.9 Å². The van der Waals surface area contributed by atoms with Crippen molar-refractivity contribution >= 4 is 29.2 Å². The zero-order chi connectivity index (χ0) is 17.5. The van der Waals surface area contributed by atoms with Gasteiger partial charge in [-0.15, -0.1) is 0 Å². The summed E-state index contributed by atoms with van der Waals surface area (Å²) in [5.74, 6) is -0.911. The molecule has 0 saturated heterocycles. The molecule has 0 fully saturated rings. The summed E-state index contributed by atoms with van der Waals surface area (Å²) in [7, 11) is 0. The number of halogens is 4. The SMILES string of the molecule is CCOC(=O)CCCCC(=O)Nc1ccc(Cl)cc1C(F)(F)F. The molecule has 23 heavy (non-hydrogen) atoms. The molecule has 1 aromatic rings. The summed E-state index contributed by atoms with van der Waals surface area (Å²) in [5, 5.41) is 2.16. The molecule has 0 heterocycles. The highest BCUT2D eigenvalue weighted by Crippen LogP contribution is 2.36. The second-order valence-electron chi connectivity index (χ2n) is 4.75. The summed E-state index contributed by atoms with van der Waals surface area (Å²) < 4.78 is 43.4. The van der Waals surface area contributed by atoms with Gasteiger partial charge in [-0.1, -0.05) is 11.6 Å². The van der Waals surface area contributed by atoms with E-state index in [4.69, 9.17) is 16.3 Å². The second kappa shape index (κ2) is 8.76. The van der Waals surface area contributed by atoms with Crippen LogP contribution in [0.2, 0.25) is 5.02 Å². The van der Waals surface area contributed by atoms with Crippen LogP contribution in [-0.4, -0.2) is 18.5 Å². The number of ether oxygens (including phenoxy) is 1. The molecule has 8 heteroatoms. The van der Waals surface area contributed by atoms with E-state index in [1.807, 2.05) is 0 Å². The number of alkyl halides is 3. The number of amides is 1. The first-order chi connectivity index (χ1) is 10.7. The minimum Gasteiger partial charge on any atom is -0.466 e. The minimum atomic E-state index is -4.61.